The average Bonchev–Trinajstić information content (AvgIpc) is 3.92. The lowest BCUT2D eigenvalue weighted by atomic mass is 9.99. The van der Waals surface area contributed by atoms with E-state index in [9.17, 15) is 24.0 Å². The maximum absolute atomic E-state index is 15.6. The molecular weight excluding hydrogens is 752 g/mol. The smallest absolute Gasteiger partial charge is 0.431 e. The zero-order valence-corrected chi connectivity index (χ0v) is 29.2. The first-order valence-electron chi connectivity index (χ1n) is 17.0. The second kappa shape index (κ2) is 13.2. The number of carbonyl (C=O) groups is 1. The highest BCUT2D eigenvalue weighted by Crippen LogP contribution is 2.42. The molecule has 2 fully saturated rings. The van der Waals surface area contributed by atoms with Crippen molar-refractivity contribution in [3.63, 3.8) is 0 Å². The number of hydrogen-bond acceptors (Lipinski definition) is 13. The predicted octanol–water partition coefficient (Wildman–Crippen LogP) is 1.63. The van der Waals surface area contributed by atoms with Crippen LogP contribution in [0, 0.1) is 11.8 Å². The maximum Gasteiger partial charge on any atom is 0.508 e. The van der Waals surface area contributed by atoms with Crippen molar-refractivity contribution in [1.82, 2.24) is 49.1 Å². The van der Waals surface area contributed by atoms with E-state index in [2.05, 4.69) is 40.1 Å². The van der Waals surface area contributed by atoms with Gasteiger partial charge in [-0.05, 0) is 26.0 Å². The monoisotopic (exact) mass is 782 g/mol. The minimum Gasteiger partial charge on any atom is -0.431 e. The molecule has 2 saturated heterocycles. The predicted molar refractivity (Wildman–Crippen MR) is 187 cm³/mol. The zero-order valence-electron chi connectivity index (χ0n) is 29.2. The highest BCUT2D eigenvalue weighted by molar-refractivity contribution is 5.76. The van der Waals surface area contributed by atoms with Gasteiger partial charge in [0.15, 0.2) is 11.3 Å². The van der Waals surface area contributed by atoms with Crippen LogP contribution in [-0.4, -0.2) is 106 Å². The van der Waals surface area contributed by atoms with Crippen molar-refractivity contribution >= 4 is 28.8 Å². The van der Waals surface area contributed by atoms with E-state index in [-0.39, 0.29) is 58.3 Å². The number of hydrogen-bond donors (Lipinski definition) is 4. The van der Waals surface area contributed by atoms with E-state index in [1.165, 1.54) is 69.6 Å². The standard InChI is InChI=1S/C33H30F4N12O7/c1-15(19-11-46(13-32(19,34)35)23-7-21(44-48-5-3-38-25(23)48)17-9-40-29(52)42-27(17)50)55-31(54)56-16(2)20-12-47(14-33(20,36)37)24-8-22(45-49-6-4-39-26(24)49)18-10-41-30(53)43-28(18)51/h3-10,15-16,19-20H,11-14H2,1-2H3,(H2,40,42,50,52)(H2,41,43,51,53). The summed E-state index contributed by atoms with van der Waals surface area (Å²) in [6.07, 6.45) is 3.64. The number of aromatic amines is 4. The van der Waals surface area contributed by atoms with Crippen molar-refractivity contribution in [2.45, 2.75) is 37.9 Å². The van der Waals surface area contributed by atoms with Crippen LogP contribution in [0.2, 0.25) is 0 Å². The first kappa shape index (κ1) is 36.2. The Labute approximate surface area is 308 Å². The molecule has 56 heavy (non-hydrogen) atoms. The quantitative estimate of drug-likeness (QED) is 0.127. The van der Waals surface area contributed by atoms with Crippen molar-refractivity contribution in [3.05, 3.63) is 91.0 Å². The first-order valence-corrected chi connectivity index (χ1v) is 17.0. The minimum absolute atomic E-state index is 0.0313. The number of nitrogens with one attached hydrogen (secondary N) is 4. The van der Waals surface area contributed by atoms with Crippen LogP contribution in [-0.2, 0) is 9.47 Å². The SMILES string of the molecule is CC(OC(=O)OC(C)C1CN(c2cc(-c3c[nH]c(=O)[nH]c3=O)nn3ccnc23)CC1(F)F)C1CN(c2cc(-c3c[nH]c(=O)[nH]c3=O)nn3ccnc23)CC1(F)F. The molecule has 19 nitrogen and oxygen atoms in total. The molecule has 292 valence electrons. The summed E-state index contributed by atoms with van der Waals surface area (Å²) in [5.41, 5.74) is -2.19. The number of anilines is 2. The topological polar surface area (TPSA) is 234 Å². The van der Waals surface area contributed by atoms with E-state index in [1.807, 2.05) is 0 Å². The van der Waals surface area contributed by atoms with Crippen LogP contribution in [0.5, 0.6) is 0 Å². The Morgan fingerprint density at radius 3 is 1.54 bits per heavy atom. The number of nitrogens with zero attached hydrogens (tertiary/aromatic N) is 8. The van der Waals surface area contributed by atoms with Crippen molar-refractivity contribution in [2.24, 2.45) is 11.8 Å². The number of aromatic nitrogens is 10. The van der Waals surface area contributed by atoms with Crippen molar-refractivity contribution in [2.75, 3.05) is 36.0 Å². The van der Waals surface area contributed by atoms with Crippen LogP contribution in [0.15, 0.2) is 68.5 Å². The fourth-order valence-corrected chi connectivity index (χ4v) is 7.19. The highest BCUT2D eigenvalue weighted by Gasteiger charge is 2.54. The van der Waals surface area contributed by atoms with E-state index in [0.717, 1.165) is 12.4 Å². The lowest BCUT2D eigenvalue weighted by Gasteiger charge is -2.27. The third-order valence-corrected chi connectivity index (χ3v) is 9.97. The Hall–Kier alpha value is -6.81. The second-order valence-corrected chi connectivity index (χ2v) is 13.6. The number of carbonyl (C=O) groups excluding carboxylic acids is 1. The Morgan fingerprint density at radius 1 is 0.732 bits per heavy atom. The van der Waals surface area contributed by atoms with E-state index >= 15 is 17.6 Å². The number of halogens is 4. The molecule has 6 aromatic heterocycles. The van der Waals surface area contributed by atoms with Gasteiger partial charge in [-0.1, -0.05) is 0 Å². The second-order valence-electron chi connectivity index (χ2n) is 13.6. The van der Waals surface area contributed by atoms with Crippen LogP contribution in [0.1, 0.15) is 13.8 Å². The van der Waals surface area contributed by atoms with E-state index in [4.69, 9.17) is 9.47 Å². The molecule has 0 spiro atoms. The summed E-state index contributed by atoms with van der Waals surface area (Å²) in [7, 11) is 0. The molecule has 0 saturated carbocycles. The van der Waals surface area contributed by atoms with Gasteiger partial charge >= 0.3 is 17.5 Å². The van der Waals surface area contributed by atoms with Gasteiger partial charge in [-0.3, -0.25) is 19.6 Å². The van der Waals surface area contributed by atoms with Crippen LogP contribution >= 0.6 is 0 Å². The minimum atomic E-state index is -3.42. The Morgan fingerprint density at radius 2 is 1.14 bits per heavy atom. The number of ether oxygens (including phenoxy) is 2. The molecule has 0 amide bonds. The van der Waals surface area contributed by atoms with Gasteiger partial charge in [0.05, 0.1) is 47.4 Å². The van der Waals surface area contributed by atoms with Crippen molar-refractivity contribution in [1.29, 1.82) is 0 Å². The molecule has 2 aliphatic heterocycles. The summed E-state index contributed by atoms with van der Waals surface area (Å²) in [4.78, 5) is 80.9. The van der Waals surface area contributed by atoms with E-state index in [1.54, 1.807) is 0 Å². The molecule has 6 aromatic rings. The average molecular weight is 783 g/mol. The summed E-state index contributed by atoms with van der Waals surface area (Å²) in [6.45, 7) is 0.141. The summed E-state index contributed by atoms with van der Waals surface area (Å²) >= 11 is 0. The third kappa shape index (κ3) is 6.42. The Balaban J connectivity index is 0.970. The molecule has 8 rings (SSSR count). The fourth-order valence-electron chi connectivity index (χ4n) is 7.19. The van der Waals surface area contributed by atoms with Gasteiger partial charge in [-0.2, -0.15) is 10.2 Å². The summed E-state index contributed by atoms with van der Waals surface area (Å²) in [6, 6.07) is 2.76. The molecule has 4 N–H and O–H groups in total. The zero-order chi connectivity index (χ0) is 39.7. The van der Waals surface area contributed by atoms with Gasteiger partial charge in [-0.25, -0.2) is 50.9 Å². The maximum atomic E-state index is 15.6. The molecule has 4 unspecified atom stereocenters. The molecule has 0 aliphatic carbocycles. The van der Waals surface area contributed by atoms with Crippen molar-refractivity contribution in [3.8, 4) is 22.5 Å². The number of imidazole rings is 2. The molecule has 0 aromatic carbocycles. The van der Waals surface area contributed by atoms with Crippen LogP contribution in [0.3, 0.4) is 0 Å². The summed E-state index contributed by atoms with van der Waals surface area (Å²) in [5, 5.41) is 8.62. The van der Waals surface area contributed by atoms with Gasteiger partial charge in [0, 0.05) is 50.3 Å². The third-order valence-electron chi connectivity index (χ3n) is 9.97. The number of rotatable bonds is 8. The Bertz CT molecular complexity index is 2560. The highest BCUT2D eigenvalue weighted by atomic mass is 19.3. The number of fused-ring (bicyclic) bond motifs is 2. The lowest BCUT2D eigenvalue weighted by molar-refractivity contribution is -0.1000. The summed E-state index contributed by atoms with van der Waals surface area (Å²) in [5.74, 6) is -10.0. The molecule has 23 heteroatoms. The van der Waals surface area contributed by atoms with Crippen LogP contribution in [0.25, 0.3) is 33.8 Å². The van der Waals surface area contributed by atoms with Gasteiger partial charge in [0.2, 0.25) is 0 Å². The largest absolute Gasteiger partial charge is 0.508 e. The van der Waals surface area contributed by atoms with Gasteiger partial charge in [-0.15, -0.1) is 0 Å². The molecule has 2 aliphatic rings. The normalized spacial score (nSPS) is 20.1. The molecule has 0 radical (unpaired) electrons. The lowest BCUT2D eigenvalue weighted by Crippen LogP contribution is -2.40. The molecule has 4 atom stereocenters. The first-order chi connectivity index (χ1) is 26.6. The number of alkyl halides is 4. The molecule has 8 heterocycles. The fraction of sp³-hybridized carbons (Fsp3) is 0.364. The molecular formula is C33H30F4N12O7. The van der Waals surface area contributed by atoms with Gasteiger partial charge in [0.1, 0.15) is 23.6 Å². The van der Waals surface area contributed by atoms with Crippen molar-refractivity contribution < 1.29 is 31.8 Å². The summed E-state index contributed by atoms with van der Waals surface area (Å²) < 4.78 is 75.6. The number of H-pyrrole nitrogens is 4. The molecule has 0 bridgehead atoms. The van der Waals surface area contributed by atoms with Crippen LogP contribution in [0.4, 0.5) is 33.7 Å². The van der Waals surface area contributed by atoms with Crippen LogP contribution < -0.4 is 32.3 Å². The van der Waals surface area contributed by atoms with E-state index < -0.39 is 77.6 Å². The van der Waals surface area contributed by atoms with Gasteiger partial charge in [0.25, 0.3) is 23.0 Å². The van der Waals surface area contributed by atoms with Gasteiger partial charge < -0.3 is 29.2 Å². The van der Waals surface area contributed by atoms with E-state index in [0.29, 0.717) is 0 Å². The Kier molecular flexibility index (Phi) is 8.52.